The summed E-state index contributed by atoms with van der Waals surface area (Å²) in [5.41, 5.74) is 0.719. The van der Waals surface area contributed by atoms with E-state index in [0.29, 0.717) is 10.1 Å². The molecule has 1 aliphatic rings. The van der Waals surface area contributed by atoms with E-state index in [1.165, 1.54) is 18.9 Å². The molecule has 88 valence electrons. The fraction of sp³-hybridized carbons (Fsp3) is 0.538. The quantitative estimate of drug-likeness (QED) is 0.864. The van der Waals surface area contributed by atoms with E-state index in [2.05, 4.69) is 0 Å². The highest BCUT2D eigenvalue weighted by molar-refractivity contribution is 8.00. The third-order valence-corrected chi connectivity index (χ3v) is 4.51. The maximum Gasteiger partial charge on any atom is 0.137 e. The minimum Gasteiger partial charge on any atom is -0.389 e. The van der Waals surface area contributed by atoms with Crippen molar-refractivity contribution in [2.24, 2.45) is 0 Å². The van der Waals surface area contributed by atoms with Crippen molar-refractivity contribution < 1.29 is 9.50 Å². The topological polar surface area (TPSA) is 20.2 Å². The molecule has 1 aliphatic carbocycles. The van der Waals surface area contributed by atoms with Gasteiger partial charge < -0.3 is 5.11 Å². The lowest BCUT2D eigenvalue weighted by Crippen LogP contribution is -2.01. The molecule has 1 N–H and O–H groups in total. The van der Waals surface area contributed by atoms with Crippen LogP contribution in [-0.4, -0.2) is 10.4 Å². The summed E-state index contributed by atoms with van der Waals surface area (Å²) in [7, 11) is 0. The van der Waals surface area contributed by atoms with Gasteiger partial charge in [-0.25, -0.2) is 4.39 Å². The number of halogens is 1. The lowest BCUT2D eigenvalue weighted by molar-refractivity contribution is 0.195. The molecule has 1 saturated carbocycles. The second-order valence-electron chi connectivity index (χ2n) is 4.36. The lowest BCUT2D eigenvalue weighted by Gasteiger charge is -2.15. The van der Waals surface area contributed by atoms with Gasteiger partial charge in [-0.1, -0.05) is 25.0 Å². The highest BCUT2D eigenvalue weighted by Gasteiger charge is 2.21. The predicted molar refractivity (Wildman–Crippen MR) is 65.1 cm³/mol. The summed E-state index contributed by atoms with van der Waals surface area (Å²) in [5, 5.41) is 10.1. The van der Waals surface area contributed by atoms with Crippen molar-refractivity contribution in [1.82, 2.24) is 0 Å². The molecule has 0 spiro atoms. The van der Waals surface area contributed by atoms with Crippen molar-refractivity contribution in [3.63, 3.8) is 0 Å². The maximum atomic E-state index is 13.7. The maximum absolute atomic E-state index is 13.7. The molecule has 0 heterocycles. The van der Waals surface area contributed by atoms with Gasteiger partial charge in [0, 0.05) is 10.1 Å². The van der Waals surface area contributed by atoms with Gasteiger partial charge in [-0.2, -0.15) is 0 Å². The second-order valence-corrected chi connectivity index (χ2v) is 5.67. The molecular formula is C13H17FOS. The van der Waals surface area contributed by atoms with E-state index in [4.69, 9.17) is 0 Å². The molecule has 0 saturated heterocycles. The molecule has 2 rings (SSSR count). The largest absolute Gasteiger partial charge is 0.389 e. The Balaban J connectivity index is 2.23. The molecule has 1 aromatic carbocycles. The van der Waals surface area contributed by atoms with Crippen molar-refractivity contribution in [1.29, 1.82) is 0 Å². The molecule has 0 aliphatic heterocycles. The fourth-order valence-electron chi connectivity index (χ4n) is 2.15. The molecular weight excluding hydrogens is 223 g/mol. The summed E-state index contributed by atoms with van der Waals surface area (Å²) >= 11 is 1.60. The average molecular weight is 240 g/mol. The van der Waals surface area contributed by atoms with E-state index in [1.807, 2.05) is 6.07 Å². The molecule has 1 fully saturated rings. The van der Waals surface area contributed by atoms with E-state index >= 15 is 0 Å². The van der Waals surface area contributed by atoms with Crippen LogP contribution < -0.4 is 0 Å². The zero-order chi connectivity index (χ0) is 11.5. The monoisotopic (exact) mass is 240 g/mol. The summed E-state index contributed by atoms with van der Waals surface area (Å²) in [6.45, 7) is 1.69. The zero-order valence-electron chi connectivity index (χ0n) is 9.45. The molecule has 0 amide bonds. The van der Waals surface area contributed by atoms with Gasteiger partial charge in [0.05, 0.1) is 6.10 Å². The van der Waals surface area contributed by atoms with E-state index in [-0.39, 0.29) is 5.82 Å². The van der Waals surface area contributed by atoms with Gasteiger partial charge in [-0.3, -0.25) is 0 Å². The summed E-state index contributed by atoms with van der Waals surface area (Å²) in [5.74, 6) is -0.199. The van der Waals surface area contributed by atoms with Crippen LogP contribution in [0.3, 0.4) is 0 Å². The molecule has 1 aromatic rings. The van der Waals surface area contributed by atoms with Crippen LogP contribution in [0, 0.1) is 5.82 Å². The summed E-state index contributed by atoms with van der Waals surface area (Å²) in [4.78, 5) is 0.643. The van der Waals surface area contributed by atoms with Gasteiger partial charge in [-0.15, -0.1) is 11.8 Å². The SMILES string of the molecule is C[C@@H](O)c1cccc(F)c1SC1CCCC1. The molecule has 3 heteroatoms. The Labute approximate surface area is 100 Å². The third-order valence-electron chi connectivity index (χ3n) is 3.03. The molecule has 1 nitrogen and oxygen atoms in total. The molecule has 1 atom stereocenters. The molecule has 0 aromatic heterocycles. The number of aliphatic hydroxyl groups excluding tert-OH is 1. The fourth-order valence-corrected chi connectivity index (χ4v) is 3.61. The van der Waals surface area contributed by atoms with Crippen LogP contribution in [-0.2, 0) is 0 Å². The molecule has 0 unspecified atom stereocenters. The molecule has 0 radical (unpaired) electrons. The van der Waals surface area contributed by atoms with E-state index in [9.17, 15) is 9.50 Å². The molecule has 0 bridgehead atoms. The standard InChI is InChI=1S/C13H17FOS/c1-9(15)11-7-4-8-12(14)13(11)16-10-5-2-3-6-10/h4,7-10,15H,2-3,5-6H2,1H3/t9-/m1/s1. The van der Waals surface area contributed by atoms with Crippen LogP contribution >= 0.6 is 11.8 Å². The summed E-state index contributed by atoms with van der Waals surface area (Å²) in [6.07, 6.45) is 4.22. The Morgan fingerprint density at radius 1 is 1.38 bits per heavy atom. The van der Waals surface area contributed by atoms with Crippen molar-refractivity contribution >= 4 is 11.8 Å². The predicted octanol–water partition coefficient (Wildman–Crippen LogP) is 3.91. The highest BCUT2D eigenvalue weighted by Crippen LogP contribution is 2.39. The Morgan fingerprint density at radius 3 is 2.69 bits per heavy atom. The lowest BCUT2D eigenvalue weighted by atomic mass is 10.1. The first-order valence-corrected chi connectivity index (χ1v) is 6.69. The van der Waals surface area contributed by atoms with Crippen LogP contribution in [0.25, 0.3) is 0 Å². The number of benzene rings is 1. The number of thioether (sulfide) groups is 1. The average Bonchev–Trinajstić information content (AvgIpc) is 2.73. The Bertz CT molecular complexity index is 359. The molecule has 16 heavy (non-hydrogen) atoms. The van der Waals surface area contributed by atoms with Crippen LogP contribution in [0.4, 0.5) is 4.39 Å². The third kappa shape index (κ3) is 2.58. The van der Waals surface area contributed by atoms with E-state index in [0.717, 1.165) is 18.4 Å². The minimum absolute atomic E-state index is 0.199. The number of hydrogen-bond donors (Lipinski definition) is 1. The Kier molecular flexibility index (Phi) is 3.87. The van der Waals surface area contributed by atoms with Crippen LogP contribution in [0.2, 0.25) is 0 Å². The van der Waals surface area contributed by atoms with Crippen molar-refractivity contribution in [2.45, 2.75) is 48.9 Å². The van der Waals surface area contributed by atoms with Crippen molar-refractivity contribution in [3.8, 4) is 0 Å². The highest BCUT2D eigenvalue weighted by atomic mass is 32.2. The first kappa shape index (κ1) is 11.9. The van der Waals surface area contributed by atoms with Crippen LogP contribution in [0.15, 0.2) is 23.1 Å². The number of aliphatic hydroxyl groups is 1. The van der Waals surface area contributed by atoms with Crippen LogP contribution in [0.5, 0.6) is 0 Å². The number of rotatable bonds is 3. The van der Waals surface area contributed by atoms with Gasteiger partial charge in [-0.05, 0) is 31.4 Å². The number of hydrogen-bond acceptors (Lipinski definition) is 2. The second kappa shape index (κ2) is 5.19. The normalized spacial score (nSPS) is 18.9. The van der Waals surface area contributed by atoms with E-state index < -0.39 is 6.10 Å². The van der Waals surface area contributed by atoms with Gasteiger partial charge in [0.2, 0.25) is 0 Å². The van der Waals surface area contributed by atoms with Crippen molar-refractivity contribution in [3.05, 3.63) is 29.6 Å². The zero-order valence-corrected chi connectivity index (χ0v) is 10.3. The van der Waals surface area contributed by atoms with Gasteiger partial charge in [0.15, 0.2) is 0 Å². The minimum atomic E-state index is -0.598. The van der Waals surface area contributed by atoms with Gasteiger partial charge >= 0.3 is 0 Å². The Morgan fingerprint density at radius 2 is 2.06 bits per heavy atom. The van der Waals surface area contributed by atoms with Crippen molar-refractivity contribution in [2.75, 3.05) is 0 Å². The first-order chi connectivity index (χ1) is 7.68. The first-order valence-electron chi connectivity index (χ1n) is 5.81. The summed E-state index contributed by atoms with van der Waals surface area (Å²) < 4.78 is 13.7. The van der Waals surface area contributed by atoms with Gasteiger partial charge in [0.1, 0.15) is 5.82 Å². The van der Waals surface area contributed by atoms with Gasteiger partial charge in [0.25, 0.3) is 0 Å². The van der Waals surface area contributed by atoms with E-state index in [1.54, 1.807) is 24.8 Å². The van der Waals surface area contributed by atoms with Crippen LogP contribution in [0.1, 0.15) is 44.3 Å². The Hall–Kier alpha value is -0.540. The summed E-state index contributed by atoms with van der Waals surface area (Å²) in [6, 6.07) is 4.95. The smallest absolute Gasteiger partial charge is 0.137 e.